The zero-order chi connectivity index (χ0) is 22.2. The van der Waals surface area contributed by atoms with Crippen LogP contribution < -0.4 is 0 Å². The predicted molar refractivity (Wildman–Crippen MR) is 125 cm³/mol. The molecule has 1 aliphatic rings. The van der Waals surface area contributed by atoms with Crippen molar-refractivity contribution in [3.63, 3.8) is 0 Å². The fraction of sp³-hybridized carbons (Fsp3) is 0.321. The third-order valence-electron chi connectivity index (χ3n) is 5.89. The summed E-state index contributed by atoms with van der Waals surface area (Å²) in [5, 5.41) is 0. The topological polar surface area (TPSA) is 44.8 Å². The van der Waals surface area contributed by atoms with Crippen LogP contribution in [0.5, 0.6) is 0 Å². The molecule has 0 amide bonds. The normalized spacial score (nSPS) is 18.7. The number of carbonyl (C=O) groups excluding carboxylic acids is 1. The summed E-state index contributed by atoms with van der Waals surface area (Å²) >= 11 is 0. The molecule has 0 aromatic heterocycles. The van der Waals surface area contributed by atoms with Gasteiger partial charge in [-0.25, -0.2) is 0 Å². The van der Waals surface area contributed by atoms with Crippen LogP contribution in [0.3, 0.4) is 0 Å². The maximum atomic E-state index is 12.9. The number of ether oxygens (including phenoxy) is 3. The van der Waals surface area contributed by atoms with Crippen molar-refractivity contribution in [2.45, 2.75) is 37.6 Å². The summed E-state index contributed by atoms with van der Waals surface area (Å²) in [6.45, 7) is 3.10. The highest BCUT2D eigenvalue weighted by atomic mass is 16.6. The molecule has 1 aliphatic heterocycles. The number of benzene rings is 3. The fourth-order valence-corrected chi connectivity index (χ4v) is 4.17. The Labute approximate surface area is 190 Å². The van der Waals surface area contributed by atoms with E-state index < -0.39 is 17.8 Å². The smallest absolute Gasteiger partial charge is 0.194 e. The van der Waals surface area contributed by atoms with Gasteiger partial charge in [0.15, 0.2) is 5.78 Å². The molecule has 4 nitrogen and oxygen atoms in total. The van der Waals surface area contributed by atoms with Crippen molar-refractivity contribution in [3.8, 4) is 0 Å². The van der Waals surface area contributed by atoms with Crippen LogP contribution in [-0.4, -0.2) is 37.8 Å². The van der Waals surface area contributed by atoms with Gasteiger partial charge in [-0.3, -0.25) is 4.79 Å². The van der Waals surface area contributed by atoms with Crippen molar-refractivity contribution in [2.75, 3.05) is 19.8 Å². The standard InChI is InChI=1S/C28H30O4/c1-2-3-19-30-25-20-31-26(27(25)29)21-32-28(22-13-7-4-8-14-22,23-15-9-5-10-16-23)24-17-11-6-12-18-24/h4-18,25-26H,2-3,19-21H2,1H3/t25-,26-/m1/s1. The minimum atomic E-state index is -0.866. The van der Waals surface area contributed by atoms with Crippen LogP contribution in [0.1, 0.15) is 36.5 Å². The number of rotatable bonds is 10. The summed E-state index contributed by atoms with van der Waals surface area (Å²) in [5.41, 5.74) is 2.13. The number of ketones is 1. The highest BCUT2D eigenvalue weighted by molar-refractivity contribution is 5.89. The van der Waals surface area contributed by atoms with Crippen LogP contribution in [0.15, 0.2) is 91.0 Å². The Balaban J connectivity index is 1.66. The molecule has 3 aromatic rings. The Morgan fingerprint density at radius 3 is 1.81 bits per heavy atom. The molecule has 4 rings (SSSR count). The highest BCUT2D eigenvalue weighted by Gasteiger charge is 2.42. The van der Waals surface area contributed by atoms with Crippen molar-refractivity contribution in [1.29, 1.82) is 0 Å². The quantitative estimate of drug-likeness (QED) is 0.330. The lowest BCUT2D eigenvalue weighted by atomic mass is 9.80. The number of hydrogen-bond acceptors (Lipinski definition) is 4. The van der Waals surface area contributed by atoms with E-state index in [2.05, 4.69) is 43.3 Å². The Bertz CT molecular complexity index is 875. The van der Waals surface area contributed by atoms with Crippen LogP contribution in [0.4, 0.5) is 0 Å². The van der Waals surface area contributed by atoms with Crippen LogP contribution in [0.25, 0.3) is 0 Å². The molecular formula is C28H30O4. The minimum Gasteiger partial charge on any atom is -0.368 e. The van der Waals surface area contributed by atoms with E-state index in [0.717, 1.165) is 29.5 Å². The van der Waals surface area contributed by atoms with Crippen molar-refractivity contribution in [3.05, 3.63) is 108 Å². The molecular weight excluding hydrogens is 400 g/mol. The van der Waals surface area contributed by atoms with Crippen molar-refractivity contribution < 1.29 is 19.0 Å². The SMILES string of the molecule is CCCCO[C@@H]1CO[C@H](COC(c2ccccc2)(c2ccccc2)c2ccccc2)C1=O. The van der Waals surface area contributed by atoms with E-state index in [0.29, 0.717) is 6.61 Å². The summed E-state index contributed by atoms with van der Waals surface area (Å²) in [6.07, 6.45) is 0.818. The van der Waals surface area contributed by atoms with Crippen molar-refractivity contribution in [1.82, 2.24) is 0 Å². The summed E-state index contributed by atoms with van der Waals surface area (Å²) in [4.78, 5) is 12.9. The van der Waals surface area contributed by atoms with Crippen LogP contribution in [0.2, 0.25) is 0 Å². The van der Waals surface area contributed by atoms with Gasteiger partial charge in [-0.15, -0.1) is 0 Å². The van der Waals surface area contributed by atoms with E-state index in [1.54, 1.807) is 0 Å². The van der Waals surface area contributed by atoms with Gasteiger partial charge in [0.2, 0.25) is 0 Å². The summed E-state index contributed by atoms with van der Waals surface area (Å²) in [7, 11) is 0. The Hall–Kier alpha value is -2.79. The van der Waals surface area contributed by atoms with Crippen molar-refractivity contribution in [2.24, 2.45) is 0 Å². The van der Waals surface area contributed by atoms with Gasteiger partial charge >= 0.3 is 0 Å². The lowest BCUT2D eigenvalue weighted by Crippen LogP contribution is -2.38. The van der Waals surface area contributed by atoms with E-state index in [1.807, 2.05) is 54.6 Å². The van der Waals surface area contributed by atoms with Gasteiger partial charge in [0, 0.05) is 6.61 Å². The largest absolute Gasteiger partial charge is 0.368 e. The van der Waals surface area contributed by atoms with Gasteiger partial charge in [0.05, 0.1) is 13.2 Å². The monoisotopic (exact) mass is 430 g/mol. The second kappa shape index (κ2) is 10.7. The first-order chi connectivity index (χ1) is 15.8. The second-order valence-electron chi connectivity index (χ2n) is 8.03. The van der Waals surface area contributed by atoms with E-state index in [-0.39, 0.29) is 19.0 Å². The lowest BCUT2D eigenvalue weighted by molar-refractivity contribution is -0.133. The van der Waals surface area contributed by atoms with Gasteiger partial charge < -0.3 is 14.2 Å². The zero-order valence-electron chi connectivity index (χ0n) is 18.5. The Morgan fingerprint density at radius 1 is 0.844 bits per heavy atom. The van der Waals surface area contributed by atoms with Gasteiger partial charge in [-0.2, -0.15) is 0 Å². The average Bonchev–Trinajstić information content (AvgIpc) is 3.21. The van der Waals surface area contributed by atoms with E-state index in [9.17, 15) is 4.79 Å². The molecule has 3 aromatic carbocycles. The second-order valence-corrected chi connectivity index (χ2v) is 8.03. The number of hydrogen-bond donors (Lipinski definition) is 0. The maximum absolute atomic E-state index is 12.9. The first-order valence-electron chi connectivity index (χ1n) is 11.3. The molecule has 1 fully saturated rings. The molecule has 0 N–H and O–H groups in total. The molecule has 0 radical (unpaired) electrons. The molecule has 4 heteroatoms. The fourth-order valence-electron chi connectivity index (χ4n) is 4.17. The molecule has 1 heterocycles. The molecule has 0 bridgehead atoms. The maximum Gasteiger partial charge on any atom is 0.194 e. The third-order valence-corrected chi connectivity index (χ3v) is 5.89. The van der Waals surface area contributed by atoms with Gasteiger partial charge in [0.25, 0.3) is 0 Å². The lowest BCUT2D eigenvalue weighted by Gasteiger charge is -2.36. The third kappa shape index (κ3) is 4.68. The molecule has 0 unspecified atom stereocenters. The molecule has 0 aliphatic carbocycles. The van der Waals surface area contributed by atoms with E-state index >= 15 is 0 Å². The summed E-state index contributed by atoms with van der Waals surface area (Å²) < 4.78 is 18.3. The van der Waals surface area contributed by atoms with Crippen LogP contribution >= 0.6 is 0 Å². The van der Waals surface area contributed by atoms with Gasteiger partial charge in [-0.05, 0) is 23.1 Å². The average molecular weight is 431 g/mol. The van der Waals surface area contributed by atoms with E-state index in [1.165, 1.54) is 0 Å². The predicted octanol–water partition coefficient (Wildman–Crippen LogP) is 5.15. The molecule has 32 heavy (non-hydrogen) atoms. The molecule has 0 spiro atoms. The van der Waals surface area contributed by atoms with Crippen LogP contribution in [-0.2, 0) is 24.6 Å². The molecule has 166 valence electrons. The molecule has 1 saturated heterocycles. The number of carbonyl (C=O) groups is 1. The number of unbranched alkanes of at least 4 members (excludes halogenated alkanes) is 1. The first kappa shape index (κ1) is 22.4. The first-order valence-corrected chi connectivity index (χ1v) is 11.3. The molecule has 2 atom stereocenters. The summed E-state index contributed by atoms with van der Waals surface area (Å²) in [5.74, 6) is -0.0378. The molecule has 0 saturated carbocycles. The van der Waals surface area contributed by atoms with Crippen molar-refractivity contribution >= 4 is 5.78 Å². The van der Waals surface area contributed by atoms with Gasteiger partial charge in [-0.1, -0.05) is 104 Å². The van der Waals surface area contributed by atoms with Gasteiger partial charge in [0.1, 0.15) is 17.8 Å². The van der Waals surface area contributed by atoms with E-state index in [4.69, 9.17) is 14.2 Å². The Kier molecular flexibility index (Phi) is 7.48. The zero-order valence-corrected chi connectivity index (χ0v) is 18.5. The summed E-state index contributed by atoms with van der Waals surface area (Å²) in [6, 6.07) is 30.4. The number of Topliss-reactive ketones (excluding diaryl/α,β-unsaturated/α-hetero) is 1. The van der Waals surface area contributed by atoms with Crippen LogP contribution in [0, 0.1) is 0 Å². The highest BCUT2D eigenvalue weighted by Crippen LogP contribution is 2.40. The Morgan fingerprint density at radius 2 is 1.34 bits per heavy atom. The minimum absolute atomic E-state index is 0.0378.